The summed E-state index contributed by atoms with van der Waals surface area (Å²) in [4.78, 5) is 6.37. The van der Waals surface area contributed by atoms with Crippen molar-refractivity contribution in [3.8, 4) is 11.7 Å². The second-order valence-corrected chi connectivity index (χ2v) is 8.95. The van der Waals surface area contributed by atoms with Gasteiger partial charge in [0.2, 0.25) is 20.7 Å². The van der Waals surface area contributed by atoms with Gasteiger partial charge >= 0.3 is 0 Å². The van der Waals surface area contributed by atoms with E-state index in [2.05, 4.69) is 4.98 Å². The number of sulfone groups is 1. The molecule has 0 spiro atoms. The molecule has 28 heavy (non-hydrogen) atoms. The largest absolute Gasteiger partial charge is 0.459 e. The number of morpholine rings is 1. The monoisotopic (exact) mass is 402 g/mol. The molecule has 0 radical (unpaired) electrons. The molecule has 0 amide bonds. The number of anilines is 1. The fraction of sp³-hybridized carbons (Fsp3) is 0.350. The van der Waals surface area contributed by atoms with Crippen LogP contribution in [0.2, 0.25) is 0 Å². The van der Waals surface area contributed by atoms with E-state index in [1.54, 1.807) is 36.4 Å². The number of aromatic nitrogens is 1. The summed E-state index contributed by atoms with van der Waals surface area (Å²) in [5.41, 5.74) is 0.978. The lowest BCUT2D eigenvalue weighted by Gasteiger charge is -2.35. The first-order valence-electron chi connectivity index (χ1n) is 9.11. The van der Waals surface area contributed by atoms with E-state index in [-0.39, 0.29) is 33.9 Å². The van der Waals surface area contributed by atoms with Crippen molar-refractivity contribution in [1.29, 1.82) is 0 Å². The standard InChI is InChI=1S/C20H22N2O5S/c1-13-6-8-16(9-7-13)28(23,24)19-20(22-11-14(2)26-15(3)12-22)27-18(21-19)17-5-4-10-25-17/h4-10,14-15H,11-12H2,1-3H3/t14-,15-/m0/s1. The molecule has 7 nitrogen and oxygen atoms in total. The molecule has 148 valence electrons. The van der Waals surface area contributed by atoms with Gasteiger partial charge in [0.05, 0.1) is 23.4 Å². The molecule has 4 rings (SSSR count). The number of ether oxygens (including phenoxy) is 1. The third-order valence-electron chi connectivity index (χ3n) is 4.60. The Morgan fingerprint density at radius 3 is 2.36 bits per heavy atom. The minimum Gasteiger partial charge on any atom is -0.459 e. The Morgan fingerprint density at radius 1 is 1.07 bits per heavy atom. The minimum absolute atomic E-state index is 0.0594. The van der Waals surface area contributed by atoms with Crippen LogP contribution in [0.3, 0.4) is 0 Å². The Bertz CT molecular complexity index is 1040. The Kier molecular flexibility index (Phi) is 4.76. The molecule has 8 heteroatoms. The number of hydrogen-bond acceptors (Lipinski definition) is 7. The fourth-order valence-electron chi connectivity index (χ4n) is 3.35. The normalized spacial score (nSPS) is 20.5. The molecule has 1 aliphatic heterocycles. The van der Waals surface area contributed by atoms with Crippen molar-refractivity contribution in [3.63, 3.8) is 0 Å². The first kappa shape index (κ1) is 18.8. The van der Waals surface area contributed by atoms with Crippen molar-refractivity contribution in [2.75, 3.05) is 18.0 Å². The maximum absolute atomic E-state index is 13.3. The lowest BCUT2D eigenvalue weighted by atomic mass is 10.2. The van der Waals surface area contributed by atoms with E-state index in [0.29, 0.717) is 18.8 Å². The maximum Gasteiger partial charge on any atom is 0.266 e. The summed E-state index contributed by atoms with van der Waals surface area (Å²) in [5, 5.41) is -0.107. The molecule has 1 fully saturated rings. The van der Waals surface area contributed by atoms with Gasteiger partial charge in [0.15, 0.2) is 5.76 Å². The van der Waals surface area contributed by atoms with Crippen molar-refractivity contribution < 1.29 is 22.0 Å². The lowest BCUT2D eigenvalue weighted by Crippen LogP contribution is -2.45. The molecular formula is C20H22N2O5S. The van der Waals surface area contributed by atoms with Gasteiger partial charge in [-0.1, -0.05) is 17.7 Å². The Balaban J connectivity index is 1.84. The van der Waals surface area contributed by atoms with Crippen molar-refractivity contribution in [2.24, 2.45) is 0 Å². The van der Waals surface area contributed by atoms with E-state index in [1.807, 2.05) is 25.7 Å². The van der Waals surface area contributed by atoms with E-state index in [9.17, 15) is 8.42 Å². The zero-order valence-electron chi connectivity index (χ0n) is 16.0. The van der Waals surface area contributed by atoms with Crippen LogP contribution < -0.4 is 4.90 Å². The first-order chi connectivity index (χ1) is 13.3. The third-order valence-corrected chi connectivity index (χ3v) is 6.27. The average Bonchev–Trinajstić information content (AvgIpc) is 3.31. The highest BCUT2D eigenvalue weighted by molar-refractivity contribution is 7.91. The highest BCUT2D eigenvalue weighted by atomic mass is 32.2. The van der Waals surface area contributed by atoms with Crippen LogP contribution in [0.25, 0.3) is 11.7 Å². The predicted octanol–water partition coefficient (Wildman–Crippen LogP) is 3.69. The van der Waals surface area contributed by atoms with Gasteiger partial charge in [-0.2, -0.15) is 4.98 Å². The van der Waals surface area contributed by atoms with Gasteiger partial charge in [0.25, 0.3) is 5.89 Å². The molecule has 0 saturated carbocycles. The van der Waals surface area contributed by atoms with Crippen LogP contribution in [0.1, 0.15) is 19.4 Å². The molecule has 2 aromatic heterocycles. The molecule has 1 aliphatic rings. The van der Waals surface area contributed by atoms with Crippen LogP contribution in [0.4, 0.5) is 5.88 Å². The molecular weight excluding hydrogens is 380 g/mol. The van der Waals surface area contributed by atoms with Crippen LogP contribution in [0.5, 0.6) is 0 Å². The van der Waals surface area contributed by atoms with Crippen molar-refractivity contribution in [1.82, 2.24) is 4.98 Å². The van der Waals surface area contributed by atoms with Crippen LogP contribution in [0, 0.1) is 6.92 Å². The van der Waals surface area contributed by atoms with E-state index in [1.165, 1.54) is 6.26 Å². The minimum atomic E-state index is -3.87. The molecule has 0 N–H and O–H groups in total. The zero-order valence-corrected chi connectivity index (χ0v) is 16.8. The number of hydrogen-bond donors (Lipinski definition) is 0. The predicted molar refractivity (Wildman–Crippen MR) is 103 cm³/mol. The van der Waals surface area contributed by atoms with E-state index < -0.39 is 9.84 Å². The topological polar surface area (TPSA) is 85.8 Å². The maximum atomic E-state index is 13.3. The van der Waals surface area contributed by atoms with Gasteiger partial charge in [-0.3, -0.25) is 0 Å². The summed E-state index contributed by atoms with van der Waals surface area (Å²) in [7, 11) is -3.87. The number of rotatable bonds is 4. The van der Waals surface area contributed by atoms with Crippen LogP contribution in [-0.2, 0) is 14.6 Å². The molecule has 0 aliphatic carbocycles. The van der Waals surface area contributed by atoms with E-state index in [0.717, 1.165) is 5.56 Å². The van der Waals surface area contributed by atoms with Crippen LogP contribution in [-0.4, -0.2) is 38.7 Å². The number of benzene rings is 1. The fourth-order valence-corrected chi connectivity index (χ4v) is 4.67. The van der Waals surface area contributed by atoms with Crippen LogP contribution >= 0.6 is 0 Å². The Morgan fingerprint density at radius 2 is 1.75 bits per heavy atom. The molecule has 1 saturated heterocycles. The number of aryl methyl sites for hydroxylation is 1. The second-order valence-electron chi connectivity index (χ2n) is 7.09. The molecule has 1 aromatic carbocycles. The SMILES string of the molecule is Cc1ccc(S(=O)(=O)c2nc(-c3ccco3)oc2N2C[C@H](C)O[C@@H](C)C2)cc1. The highest BCUT2D eigenvalue weighted by Crippen LogP contribution is 2.36. The van der Waals surface area contributed by atoms with Crippen molar-refractivity contribution >= 4 is 15.7 Å². The van der Waals surface area contributed by atoms with Gasteiger partial charge in [-0.05, 0) is 45.0 Å². The van der Waals surface area contributed by atoms with Gasteiger partial charge < -0.3 is 18.5 Å². The summed E-state index contributed by atoms with van der Waals surface area (Å²) in [6.45, 7) is 6.81. The summed E-state index contributed by atoms with van der Waals surface area (Å²) < 4.78 is 43.7. The molecule has 3 aromatic rings. The molecule has 3 heterocycles. The first-order valence-corrected chi connectivity index (χ1v) is 10.6. The van der Waals surface area contributed by atoms with Crippen LogP contribution in [0.15, 0.2) is 61.4 Å². The summed E-state index contributed by atoms with van der Waals surface area (Å²) in [6, 6.07) is 10.1. The summed E-state index contributed by atoms with van der Waals surface area (Å²) in [6.07, 6.45) is 1.37. The number of furan rings is 1. The second kappa shape index (κ2) is 7.10. The molecule has 0 bridgehead atoms. The number of oxazole rings is 1. The van der Waals surface area contributed by atoms with Gasteiger partial charge in [0.1, 0.15) is 0 Å². The number of nitrogens with zero attached hydrogens (tertiary/aromatic N) is 2. The zero-order chi connectivity index (χ0) is 19.9. The van der Waals surface area contributed by atoms with Crippen molar-refractivity contribution in [2.45, 2.75) is 42.9 Å². The van der Waals surface area contributed by atoms with Crippen molar-refractivity contribution in [3.05, 3.63) is 48.2 Å². The quantitative estimate of drug-likeness (QED) is 0.658. The van der Waals surface area contributed by atoms with E-state index in [4.69, 9.17) is 13.6 Å². The highest BCUT2D eigenvalue weighted by Gasteiger charge is 2.34. The van der Waals surface area contributed by atoms with Gasteiger partial charge in [0, 0.05) is 13.1 Å². The van der Waals surface area contributed by atoms with Gasteiger partial charge in [-0.15, -0.1) is 0 Å². The summed E-state index contributed by atoms with van der Waals surface area (Å²) in [5.74, 6) is 0.729. The van der Waals surface area contributed by atoms with Gasteiger partial charge in [-0.25, -0.2) is 8.42 Å². The lowest BCUT2D eigenvalue weighted by molar-refractivity contribution is -0.00657. The summed E-state index contributed by atoms with van der Waals surface area (Å²) >= 11 is 0. The molecule has 0 unspecified atom stereocenters. The van der Waals surface area contributed by atoms with E-state index >= 15 is 0 Å². The average molecular weight is 402 g/mol. The molecule has 2 atom stereocenters. The smallest absolute Gasteiger partial charge is 0.266 e. The Hall–Kier alpha value is -2.58. The Labute approximate surface area is 163 Å². The third kappa shape index (κ3) is 3.45.